The molecule has 0 N–H and O–H groups in total. The normalized spacial score (nSPS) is 16.9. The molecule has 0 saturated heterocycles. The summed E-state index contributed by atoms with van der Waals surface area (Å²) in [4.78, 5) is 28.8. The highest BCUT2D eigenvalue weighted by atomic mass is 16.7. The van der Waals surface area contributed by atoms with Gasteiger partial charge in [-0.15, -0.1) is 0 Å². The Labute approximate surface area is 199 Å². The van der Waals surface area contributed by atoms with Gasteiger partial charge in [-0.3, -0.25) is 4.79 Å². The van der Waals surface area contributed by atoms with E-state index in [0.717, 1.165) is 5.56 Å². The van der Waals surface area contributed by atoms with Gasteiger partial charge in [-0.05, 0) is 67.8 Å². The number of benzene rings is 2. The Morgan fingerprint density at radius 2 is 1.82 bits per heavy atom. The van der Waals surface area contributed by atoms with Crippen LogP contribution in [0.15, 0.2) is 48.0 Å². The van der Waals surface area contributed by atoms with Gasteiger partial charge in [0, 0.05) is 19.8 Å². The number of ether oxygens (including phenoxy) is 5. The molecule has 0 radical (unpaired) electrons. The van der Waals surface area contributed by atoms with Crippen LogP contribution in [0.4, 0.5) is 0 Å². The number of methoxy groups -OCH3 is 1. The van der Waals surface area contributed by atoms with E-state index < -0.39 is 11.9 Å². The molecular weight excluding hydrogens is 438 g/mol. The molecule has 2 aliphatic rings. The molecule has 0 aromatic heterocycles. The topological polar surface area (TPSA) is 83.5 Å². The molecule has 2 aromatic carbocycles. The summed E-state index contributed by atoms with van der Waals surface area (Å²) in [6.07, 6.45) is 0.628. The van der Waals surface area contributed by atoms with Gasteiger partial charge in [0.2, 0.25) is 12.7 Å². The van der Waals surface area contributed by atoms with E-state index in [1.54, 1.807) is 37.1 Å². The van der Waals surface area contributed by atoms with Crippen LogP contribution >= 0.6 is 0 Å². The van der Waals surface area contributed by atoms with Gasteiger partial charge in [0.15, 0.2) is 11.5 Å². The number of carbonyl (C=O) groups is 2. The number of hydrogen-bond donors (Lipinski definition) is 0. The van der Waals surface area contributed by atoms with E-state index in [1.165, 1.54) is 0 Å². The molecule has 2 aromatic rings. The van der Waals surface area contributed by atoms with Crippen LogP contribution in [0.3, 0.4) is 0 Å². The fourth-order valence-corrected chi connectivity index (χ4v) is 4.25. The number of fused-ring (bicyclic) bond motifs is 1. The first-order chi connectivity index (χ1) is 16.6. The summed E-state index contributed by atoms with van der Waals surface area (Å²) in [7, 11) is 1.59. The molecule has 0 spiro atoms. The Morgan fingerprint density at radius 3 is 2.53 bits per heavy atom. The molecular formula is C26H29NO7. The predicted octanol–water partition coefficient (Wildman–Crippen LogP) is 3.75. The summed E-state index contributed by atoms with van der Waals surface area (Å²) in [5.41, 5.74) is 2.24. The average molecular weight is 468 g/mol. The first kappa shape index (κ1) is 23.6. The second-order valence-corrected chi connectivity index (χ2v) is 7.80. The summed E-state index contributed by atoms with van der Waals surface area (Å²) >= 11 is 0. The van der Waals surface area contributed by atoms with Crippen molar-refractivity contribution in [2.45, 2.75) is 26.2 Å². The molecule has 180 valence electrons. The van der Waals surface area contributed by atoms with Gasteiger partial charge in [-0.2, -0.15) is 0 Å². The molecule has 0 aliphatic carbocycles. The van der Waals surface area contributed by atoms with Crippen LogP contribution in [0.1, 0.15) is 37.3 Å². The second-order valence-electron chi connectivity index (χ2n) is 7.80. The van der Waals surface area contributed by atoms with Gasteiger partial charge < -0.3 is 28.6 Å². The SMILES string of the molecule is CCOCCCN1C(=O)C(c2ccc3c(c2)OCO3)C(C(=O)OCC)=C1c1ccc(OC)cc1. The van der Waals surface area contributed by atoms with Crippen molar-refractivity contribution in [2.24, 2.45) is 0 Å². The Kier molecular flexibility index (Phi) is 7.37. The minimum atomic E-state index is -0.822. The molecule has 0 bridgehead atoms. The fraction of sp³-hybridized carbons (Fsp3) is 0.385. The number of esters is 1. The van der Waals surface area contributed by atoms with Gasteiger partial charge in [0.25, 0.3) is 0 Å². The van der Waals surface area contributed by atoms with Gasteiger partial charge >= 0.3 is 5.97 Å². The number of amides is 1. The van der Waals surface area contributed by atoms with E-state index in [0.29, 0.717) is 60.3 Å². The summed E-state index contributed by atoms with van der Waals surface area (Å²) in [6.45, 7) is 5.52. The Morgan fingerprint density at radius 1 is 1.06 bits per heavy atom. The van der Waals surface area contributed by atoms with Gasteiger partial charge in [-0.25, -0.2) is 4.79 Å². The van der Waals surface area contributed by atoms with E-state index in [9.17, 15) is 9.59 Å². The Balaban J connectivity index is 1.82. The lowest BCUT2D eigenvalue weighted by atomic mass is 9.90. The zero-order valence-corrected chi connectivity index (χ0v) is 19.7. The molecule has 8 heteroatoms. The van der Waals surface area contributed by atoms with E-state index >= 15 is 0 Å². The smallest absolute Gasteiger partial charge is 0.337 e. The number of rotatable bonds is 10. The summed E-state index contributed by atoms with van der Waals surface area (Å²) < 4.78 is 27.1. The molecule has 4 rings (SSSR count). The highest BCUT2D eigenvalue weighted by Gasteiger charge is 2.45. The lowest BCUT2D eigenvalue weighted by Gasteiger charge is -2.22. The van der Waals surface area contributed by atoms with Crippen molar-refractivity contribution in [1.82, 2.24) is 4.90 Å². The second kappa shape index (κ2) is 10.6. The molecule has 0 fully saturated rings. The lowest BCUT2D eigenvalue weighted by Crippen LogP contribution is -2.29. The van der Waals surface area contributed by atoms with Crippen molar-refractivity contribution < 1.29 is 33.3 Å². The van der Waals surface area contributed by atoms with E-state index in [2.05, 4.69) is 0 Å². The quantitative estimate of drug-likeness (QED) is 0.389. The fourth-order valence-electron chi connectivity index (χ4n) is 4.25. The minimum Gasteiger partial charge on any atom is -0.497 e. The van der Waals surface area contributed by atoms with Crippen molar-refractivity contribution in [3.63, 3.8) is 0 Å². The molecule has 1 amide bonds. The Bertz CT molecular complexity index is 1080. The standard InChI is InChI=1S/C26H29NO7/c1-4-31-14-6-13-27-24(17-7-10-19(30-3)11-8-17)23(26(29)32-5-2)22(25(27)28)18-9-12-20-21(15-18)34-16-33-20/h7-12,15,22H,4-6,13-14,16H2,1-3H3. The van der Waals surface area contributed by atoms with E-state index in [1.807, 2.05) is 31.2 Å². The zero-order valence-electron chi connectivity index (χ0n) is 19.7. The lowest BCUT2D eigenvalue weighted by molar-refractivity contribution is -0.139. The third-order valence-corrected chi connectivity index (χ3v) is 5.79. The first-order valence-corrected chi connectivity index (χ1v) is 11.4. The van der Waals surface area contributed by atoms with Crippen LogP contribution in [0.5, 0.6) is 17.2 Å². The molecule has 34 heavy (non-hydrogen) atoms. The maximum atomic E-state index is 13.8. The molecule has 8 nitrogen and oxygen atoms in total. The highest BCUT2D eigenvalue weighted by Crippen LogP contribution is 2.45. The van der Waals surface area contributed by atoms with Gasteiger partial charge in [-0.1, -0.05) is 6.07 Å². The molecule has 2 heterocycles. The number of carbonyl (C=O) groups excluding carboxylic acids is 2. The van der Waals surface area contributed by atoms with Crippen LogP contribution in [-0.4, -0.2) is 57.0 Å². The van der Waals surface area contributed by atoms with E-state index in [4.69, 9.17) is 23.7 Å². The van der Waals surface area contributed by atoms with Crippen LogP contribution in [-0.2, 0) is 19.1 Å². The molecule has 1 unspecified atom stereocenters. The van der Waals surface area contributed by atoms with Crippen LogP contribution < -0.4 is 14.2 Å². The summed E-state index contributed by atoms with van der Waals surface area (Å²) in [5, 5.41) is 0. The molecule has 0 saturated carbocycles. The first-order valence-electron chi connectivity index (χ1n) is 11.4. The Hall–Kier alpha value is -3.52. The largest absolute Gasteiger partial charge is 0.497 e. The van der Waals surface area contributed by atoms with E-state index in [-0.39, 0.29) is 19.3 Å². The van der Waals surface area contributed by atoms with Crippen molar-refractivity contribution >= 4 is 17.6 Å². The predicted molar refractivity (Wildman–Crippen MR) is 125 cm³/mol. The number of nitrogens with zero attached hydrogens (tertiary/aromatic N) is 1. The number of hydrogen-bond acceptors (Lipinski definition) is 7. The molecule has 2 aliphatic heterocycles. The van der Waals surface area contributed by atoms with Gasteiger partial charge in [0.1, 0.15) is 5.75 Å². The monoisotopic (exact) mass is 467 g/mol. The third-order valence-electron chi connectivity index (χ3n) is 5.79. The van der Waals surface area contributed by atoms with Crippen molar-refractivity contribution in [3.05, 3.63) is 59.2 Å². The zero-order chi connectivity index (χ0) is 24.1. The van der Waals surface area contributed by atoms with Crippen molar-refractivity contribution in [1.29, 1.82) is 0 Å². The summed E-state index contributed by atoms with van der Waals surface area (Å²) in [5.74, 6) is 0.314. The average Bonchev–Trinajstić information content (AvgIpc) is 3.44. The maximum Gasteiger partial charge on any atom is 0.337 e. The van der Waals surface area contributed by atoms with Crippen LogP contribution in [0.25, 0.3) is 5.70 Å². The summed E-state index contributed by atoms with van der Waals surface area (Å²) in [6, 6.07) is 12.6. The molecule has 1 atom stereocenters. The van der Waals surface area contributed by atoms with Gasteiger partial charge in [0.05, 0.1) is 30.9 Å². The minimum absolute atomic E-state index is 0.124. The van der Waals surface area contributed by atoms with Crippen molar-refractivity contribution in [3.8, 4) is 17.2 Å². The van der Waals surface area contributed by atoms with Crippen LogP contribution in [0, 0.1) is 0 Å². The third kappa shape index (κ3) is 4.59. The highest BCUT2D eigenvalue weighted by molar-refractivity contribution is 6.13. The van der Waals surface area contributed by atoms with Crippen LogP contribution in [0.2, 0.25) is 0 Å². The maximum absolute atomic E-state index is 13.8. The van der Waals surface area contributed by atoms with Crippen molar-refractivity contribution in [2.75, 3.05) is 40.3 Å².